The van der Waals surface area contributed by atoms with Gasteiger partial charge in [-0.2, -0.15) is 0 Å². The van der Waals surface area contributed by atoms with Crippen molar-refractivity contribution in [2.45, 2.75) is 6.54 Å². The van der Waals surface area contributed by atoms with Crippen LogP contribution in [-0.4, -0.2) is 42.6 Å². The van der Waals surface area contributed by atoms with Gasteiger partial charge in [0.2, 0.25) is 5.91 Å². The third-order valence-corrected chi connectivity index (χ3v) is 2.19. The summed E-state index contributed by atoms with van der Waals surface area (Å²) in [4.78, 5) is 17.2. The Morgan fingerprint density at radius 2 is 2.44 bits per heavy atom. The lowest BCUT2D eigenvalue weighted by Gasteiger charge is -2.21. The molecule has 0 aliphatic heterocycles. The van der Waals surface area contributed by atoms with Gasteiger partial charge in [-0.3, -0.25) is 9.78 Å². The van der Waals surface area contributed by atoms with Crippen LogP contribution in [0.25, 0.3) is 0 Å². The fourth-order valence-electron chi connectivity index (χ4n) is 1.33. The lowest BCUT2D eigenvalue weighted by Crippen LogP contribution is -2.37. The highest BCUT2D eigenvalue weighted by Gasteiger charge is 2.11. The molecule has 0 aliphatic rings. The molecule has 1 aromatic rings. The van der Waals surface area contributed by atoms with Crippen LogP contribution in [0.4, 0.5) is 0 Å². The van der Waals surface area contributed by atoms with Crippen molar-refractivity contribution in [3.05, 3.63) is 30.1 Å². The van der Waals surface area contributed by atoms with E-state index in [9.17, 15) is 4.79 Å². The molecule has 0 unspecified atom stereocenters. The molecule has 1 rings (SSSR count). The maximum atomic E-state index is 11.5. The van der Waals surface area contributed by atoms with E-state index in [0.29, 0.717) is 19.7 Å². The third kappa shape index (κ3) is 3.96. The highest BCUT2D eigenvalue weighted by atomic mass is 16.5. The van der Waals surface area contributed by atoms with Crippen molar-refractivity contribution in [1.82, 2.24) is 9.88 Å². The average Bonchev–Trinajstić information content (AvgIpc) is 2.34. The van der Waals surface area contributed by atoms with Gasteiger partial charge in [-0.05, 0) is 11.6 Å². The number of nitrogens with zero attached hydrogens (tertiary/aromatic N) is 2. The molecule has 0 atom stereocenters. The van der Waals surface area contributed by atoms with E-state index in [2.05, 4.69) is 4.98 Å². The van der Waals surface area contributed by atoms with E-state index in [4.69, 9.17) is 10.5 Å². The number of nitrogens with two attached hydrogens (primary N) is 1. The van der Waals surface area contributed by atoms with E-state index in [1.807, 2.05) is 12.1 Å². The van der Waals surface area contributed by atoms with Crippen molar-refractivity contribution < 1.29 is 9.53 Å². The van der Waals surface area contributed by atoms with Gasteiger partial charge in [-0.25, -0.2) is 0 Å². The minimum Gasteiger partial charge on any atom is -0.383 e. The number of pyridine rings is 1. The van der Waals surface area contributed by atoms with Crippen molar-refractivity contribution in [3.63, 3.8) is 0 Å². The number of rotatable bonds is 6. The molecule has 0 spiro atoms. The summed E-state index contributed by atoms with van der Waals surface area (Å²) in [5, 5.41) is 0. The van der Waals surface area contributed by atoms with Crippen molar-refractivity contribution >= 4 is 5.91 Å². The number of methoxy groups -OCH3 is 1. The standard InChI is InChI=1S/C11H17N3O2/c1-16-6-5-14(11(15)7-12)9-10-3-2-4-13-8-10/h2-4,8H,5-7,9,12H2,1H3. The molecule has 5 heteroatoms. The zero-order valence-corrected chi connectivity index (χ0v) is 9.43. The van der Waals surface area contributed by atoms with Crippen molar-refractivity contribution in [2.24, 2.45) is 5.73 Å². The SMILES string of the molecule is COCCN(Cc1cccnc1)C(=O)CN. The first kappa shape index (κ1) is 12.6. The second-order valence-corrected chi connectivity index (χ2v) is 3.37. The molecular weight excluding hydrogens is 206 g/mol. The molecule has 0 aliphatic carbocycles. The Bertz CT molecular complexity index is 316. The van der Waals surface area contributed by atoms with Gasteiger partial charge in [0.1, 0.15) is 0 Å². The number of hydrogen-bond donors (Lipinski definition) is 1. The number of carbonyl (C=O) groups is 1. The van der Waals surface area contributed by atoms with Crippen LogP contribution >= 0.6 is 0 Å². The maximum Gasteiger partial charge on any atom is 0.236 e. The summed E-state index contributed by atoms with van der Waals surface area (Å²) in [7, 11) is 1.61. The van der Waals surface area contributed by atoms with Gasteiger partial charge in [0, 0.05) is 32.6 Å². The number of amides is 1. The van der Waals surface area contributed by atoms with Gasteiger partial charge in [0.25, 0.3) is 0 Å². The molecule has 5 nitrogen and oxygen atoms in total. The molecule has 0 fully saturated rings. The molecule has 0 saturated carbocycles. The quantitative estimate of drug-likeness (QED) is 0.738. The molecule has 88 valence electrons. The summed E-state index contributed by atoms with van der Waals surface area (Å²) >= 11 is 0. The fraction of sp³-hybridized carbons (Fsp3) is 0.455. The Morgan fingerprint density at radius 1 is 1.62 bits per heavy atom. The van der Waals surface area contributed by atoms with Gasteiger partial charge in [-0.15, -0.1) is 0 Å². The summed E-state index contributed by atoms with van der Waals surface area (Å²) in [6.45, 7) is 1.59. The van der Waals surface area contributed by atoms with Crippen LogP contribution in [0, 0.1) is 0 Å². The van der Waals surface area contributed by atoms with E-state index in [-0.39, 0.29) is 12.5 Å². The third-order valence-electron chi connectivity index (χ3n) is 2.19. The molecule has 2 N–H and O–H groups in total. The molecular formula is C11H17N3O2. The number of hydrogen-bond acceptors (Lipinski definition) is 4. The average molecular weight is 223 g/mol. The number of ether oxygens (including phenoxy) is 1. The smallest absolute Gasteiger partial charge is 0.236 e. The van der Waals surface area contributed by atoms with Crippen LogP contribution in [0.5, 0.6) is 0 Å². The lowest BCUT2D eigenvalue weighted by molar-refractivity contribution is -0.130. The van der Waals surface area contributed by atoms with E-state index >= 15 is 0 Å². The monoisotopic (exact) mass is 223 g/mol. The Labute approximate surface area is 95.2 Å². The first-order chi connectivity index (χ1) is 7.77. The van der Waals surface area contributed by atoms with Crippen LogP contribution in [-0.2, 0) is 16.1 Å². The summed E-state index contributed by atoms with van der Waals surface area (Å²) in [5.41, 5.74) is 6.34. The van der Waals surface area contributed by atoms with Crippen LogP contribution in [0.15, 0.2) is 24.5 Å². The molecule has 1 amide bonds. The molecule has 0 aromatic carbocycles. The van der Waals surface area contributed by atoms with Gasteiger partial charge in [0.05, 0.1) is 13.2 Å². The van der Waals surface area contributed by atoms with E-state index in [1.54, 1.807) is 24.4 Å². The topological polar surface area (TPSA) is 68.5 Å². The Balaban J connectivity index is 2.59. The first-order valence-electron chi connectivity index (χ1n) is 5.13. The minimum atomic E-state index is -0.0825. The molecule has 1 heterocycles. The Hall–Kier alpha value is -1.46. The summed E-state index contributed by atoms with van der Waals surface area (Å²) < 4.78 is 4.95. The normalized spacial score (nSPS) is 10.1. The Morgan fingerprint density at radius 3 is 3.00 bits per heavy atom. The first-order valence-corrected chi connectivity index (χ1v) is 5.13. The minimum absolute atomic E-state index is 0.0178. The predicted octanol–water partition coefficient (Wildman–Crippen LogP) is 0.0153. The molecule has 0 radical (unpaired) electrons. The van der Waals surface area contributed by atoms with Crippen LogP contribution in [0.1, 0.15) is 5.56 Å². The van der Waals surface area contributed by atoms with Crippen molar-refractivity contribution in [2.75, 3.05) is 26.8 Å². The van der Waals surface area contributed by atoms with Gasteiger partial charge < -0.3 is 15.4 Å². The summed E-state index contributed by atoms with van der Waals surface area (Å²) in [5.74, 6) is -0.0825. The highest BCUT2D eigenvalue weighted by molar-refractivity contribution is 5.78. The summed E-state index contributed by atoms with van der Waals surface area (Å²) in [6.07, 6.45) is 3.44. The lowest BCUT2D eigenvalue weighted by atomic mass is 10.2. The molecule has 0 bridgehead atoms. The Kier molecular flexibility index (Phi) is 5.45. The van der Waals surface area contributed by atoms with E-state index < -0.39 is 0 Å². The summed E-state index contributed by atoms with van der Waals surface area (Å²) in [6, 6.07) is 3.77. The molecule has 16 heavy (non-hydrogen) atoms. The second-order valence-electron chi connectivity index (χ2n) is 3.37. The van der Waals surface area contributed by atoms with Gasteiger partial charge in [0.15, 0.2) is 0 Å². The van der Waals surface area contributed by atoms with Gasteiger partial charge in [-0.1, -0.05) is 6.07 Å². The number of aromatic nitrogens is 1. The van der Waals surface area contributed by atoms with Crippen molar-refractivity contribution in [3.8, 4) is 0 Å². The largest absolute Gasteiger partial charge is 0.383 e. The maximum absolute atomic E-state index is 11.5. The zero-order valence-electron chi connectivity index (χ0n) is 9.43. The van der Waals surface area contributed by atoms with Crippen molar-refractivity contribution in [1.29, 1.82) is 0 Å². The van der Waals surface area contributed by atoms with E-state index in [0.717, 1.165) is 5.56 Å². The number of carbonyl (C=O) groups excluding carboxylic acids is 1. The van der Waals surface area contributed by atoms with Gasteiger partial charge >= 0.3 is 0 Å². The van der Waals surface area contributed by atoms with Crippen LogP contribution in [0.2, 0.25) is 0 Å². The molecule has 0 saturated heterocycles. The fourth-order valence-corrected chi connectivity index (χ4v) is 1.33. The molecule has 1 aromatic heterocycles. The predicted molar refractivity (Wildman–Crippen MR) is 60.6 cm³/mol. The van der Waals surface area contributed by atoms with Crippen LogP contribution in [0.3, 0.4) is 0 Å². The highest BCUT2D eigenvalue weighted by Crippen LogP contribution is 2.02. The van der Waals surface area contributed by atoms with E-state index in [1.165, 1.54) is 0 Å². The second kappa shape index (κ2) is 6.92. The zero-order chi connectivity index (χ0) is 11.8. The van der Waals surface area contributed by atoms with Crippen LogP contribution < -0.4 is 5.73 Å².